The van der Waals surface area contributed by atoms with Gasteiger partial charge in [0.25, 0.3) is 0 Å². The first-order chi connectivity index (χ1) is 15.4. The number of carboxylic acid groups (broad SMARTS) is 1. The molecular weight excluding hydrogens is 450 g/mol. The second kappa shape index (κ2) is 16.7. The minimum absolute atomic E-state index is 0.0471. The third kappa shape index (κ3) is 12.8. The molecule has 0 fully saturated rings. The highest BCUT2D eigenvalue weighted by molar-refractivity contribution is 7.98. The van der Waals surface area contributed by atoms with Crippen molar-refractivity contribution in [1.82, 2.24) is 16.0 Å². The van der Waals surface area contributed by atoms with Gasteiger partial charge in [-0.3, -0.25) is 14.4 Å². The standard InChI is InChI=1S/C21H41N5O6S/c1-12(2)11-16(21(31)32)26-19(29)15(8-10-33-4)24-18(28)14(7-5-6-9-22)25-20(30)17(23)13(3)27/h12-17,27H,5-11,22-23H2,1-4H3,(H,24,28)(H,25,30)(H,26,29)(H,31,32). The van der Waals surface area contributed by atoms with E-state index in [1.165, 1.54) is 18.7 Å². The lowest BCUT2D eigenvalue weighted by Crippen LogP contribution is -2.58. The Hall–Kier alpha value is -1.89. The lowest BCUT2D eigenvalue weighted by atomic mass is 10.0. The maximum Gasteiger partial charge on any atom is 0.326 e. The second-order valence-electron chi connectivity index (χ2n) is 8.48. The van der Waals surface area contributed by atoms with E-state index in [2.05, 4.69) is 16.0 Å². The van der Waals surface area contributed by atoms with Crippen LogP contribution >= 0.6 is 11.8 Å². The Balaban J connectivity index is 5.46. The van der Waals surface area contributed by atoms with Gasteiger partial charge in [-0.25, -0.2) is 4.79 Å². The normalized spacial score (nSPS) is 15.8. The van der Waals surface area contributed by atoms with E-state index in [4.69, 9.17) is 11.5 Å². The summed E-state index contributed by atoms with van der Waals surface area (Å²) in [5, 5.41) is 26.7. The van der Waals surface area contributed by atoms with Crippen molar-refractivity contribution >= 4 is 35.5 Å². The molecule has 5 atom stereocenters. The van der Waals surface area contributed by atoms with Crippen molar-refractivity contribution in [2.75, 3.05) is 18.6 Å². The van der Waals surface area contributed by atoms with Crippen molar-refractivity contribution in [3.05, 3.63) is 0 Å². The Morgan fingerprint density at radius 3 is 1.85 bits per heavy atom. The quantitative estimate of drug-likeness (QED) is 0.127. The molecule has 9 N–H and O–H groups in total. The Kier molecular flexibility index (Phi) is 15.7. The van der Waals surface area contributed by atoms with Gasteiger partial charge in [-0.15, -0.1) is 0 Å². The molecule has 0 aliphatic carbocycles. The highest BCUT2D eigenvalue weighted by atomic mass is 32.2. The van der Waals surface area contributed by atoms with E-state index in [0.717, 1.165) is 0 Å². The van der Waals surface area contributed by atoms with Crippen LogP contribution in [0.15, 0.2) is 0 Å². The molecule has 0 saturated heterocycles. The number of nitrogens with one attached hydrogen (secondary N) is 3. The summed E-state index contributed by atoms with van der Waals surface area (Å²) in [6.07, 6.45) is 2.73. The molecule has 3 amide bonds. The molecule has 5 unspecified atom stereocenters. The number of unbranched alkanes of at least 4 members (excludes halogenated alkanes) is 1. The van der Waals surface area contributed by atoms with Crippen molar-refractivity contribution in [3.63, 3.8) is 0 Å². The van der Waals surface area contributed by atoms with Gasteiger partial charge in [0.15, 0.2) is 0 Å². The average molecular weight is 492 g/mol. The maximum absolute atomic E-state index is 13.0. The number of aliphatic carboxylic acids is 1. The van der Waals surface area contributed by atoms with Crippen LogP contribution in [-0.4, -0.2) is 82.7 Å². The summed E-state index contributed by atoms with van der Waals surface area (Å²) in [5.41, 5.74) is 11.2. The van der Waals surface area contributed by atoms with Crippen molar-refractivity contribution < 1.29 is 29.4 Å². The smallest absolute Gasteiger partial charge is 0.326 e. The highest BCUT2D eigenvalue weighted by Crippen LogP contribution is 2.09. The first-order valence-corrected chi connectivity index (χ1v) is 12.6. The van der Waals surface area contributed by atoms with Crippen LogP contribution in [0, 0.1) is 5.92 Å². The molecule has 0 bridgehead atoms. The number of hydrogen-bond donors (Lipinski definition) is 7. The monoisotopic (exact) mass is 491 g/mol. The molecule has 0 aromatic rings. The maximum atomic E-state index is 13.0. The Bertz CT molecular complexity index is 634. The van der Waals surface area contributed by atoms with E-state index in [1.807, 2.05) is 20.1 Å². The zero-order chi connectivity index (χ0) is 25.6. The number of carbonyl (C=O) groups excluding carboxylic acids is 3. The van der Waals surface area contributed by atoms with E-state index in [9.17, 15) is 29.4 Å². The van der Waals surface area contributed by atoms with Crippen LogP contribution in [-0.2, 0) is 19.2 Å². The predicted octanol–water partition coefficient (Wildman–Crippen LogP) is -0.838. The number of hydrogen-bond acceptors (Lipinski definition) is 8. The van der Waals surface area contributed by atoms with Gasteiger partial charge in [-0.05, 0) is 63.5 Å². The summed E-state index contributed by atoms with van der Waals surface area (Å²) in [5.74, 6) is -2.42. The molecule has 0 spiro atoms. The van der Waals surface area contributed by atoms with E-state index in [-0.39, 0.29) is 25.2 Å². The van der Waals surface area contributed by atoms with E-state index >= 15 is 0 Å². The minimum atomic E-state index is -1.21. The summed E-state index contributed by atoms with van der Waals surface area (Å²) >= 11 is 1.48. The Morgan fingerprint density at radius 1 is 0.879 bits per heavy atom. The van der Waals surface area contributed by atoms with E-state index in [1.54, 1.807) is 0 Å². The van der Waals surface area contributed by atoms with Crippen molar-refractivity contribution in [3.8, 4) is 0 Å². The largest absolute Gasteiger partial charge is 0.480 e. The number of carboxylic acids is 1. The van der Waals surface area contributed by atoms with Gasteiger partial charge >= 0.3 is 5.97 Å². The van der Waals surface area contributed by atoms with E-state index < -0.39 is 54.0 Å². The van der Waals surface area contributed by atoms with Gasteiger partial charge in [-0.1, -0.05) is 13.8 Å². The van der Waals surface area contributed by atoms with Gasteiger partial charge in [0.2, 0.25) is 17.7 Å². The van der Waals surface area contributed by atoms with Gasteiger partial charge in [0.05, 0.1) is 6.10 Å². The average Bonchev–Trinajstić information content (AvgIpc) is 2.73. The van der Waals surface area contributed by atoms with Crippen molar-refractivity contribution in [2.24, 2.45) is 17.4 Å². The van der Waals surface area contributed by atoms with E-state index in [0.29, 0.717) is 25.1 Å². The molecule has 0 aliphatic heterocycles. The number of aliphatic hydroxyl groups excluding tert-OH is 1. The SMILES string of the molecule is CSCCC(NC(=O)C(CCCCN)NC(=O)C(N)C(C)O)C(=O)NC(CC(C)C)C(=O)O. The first kappa shape index (κ1) is 31.1. The molecule has 11 nitrogen and oxygen atoms in total. The van der Waals surface area contributed by atoms with Gasteiger partial charge < -0.3 is 37.6 Å². The number of carbonyl (C=O) groups is 4. The Labute approximate surface area is 200 Å². The summed E-state index contributed by atoms with van der Waals surface area (Å²) in [7, 11) is 0. The van der Waals surface area contributed by atoms with Crippen molar-refractivity contribution in [1.29, 1.82) is 0 Å². The minimum Gasteiger partial charge on any atom is -0.480 e. The molecular formula is C21H41N5O6S. The fraction of sp³-hybridized carbons (Fsp3) is 0.810. The van der Waals surface area contributed by atoms with Crippen LogP contribution in [0.2, 0.25) is 0 Å². The number of nitrogens with two attached hydrogens (primary N) is 2. The van der Waals surface area contributed by atoms with Crippen LogP contribution < -0.4 is 27.4 Å². The summed E-state index contributed by atoms with van der Waals surface area (Å²) < 4.78 is 0. The van der Waals surface area contributed by atoms with Gasteiger partial charge in [0, 0.05) is 0 Å². The van der Waals surface area contributed by atoms with Crippen LogP contribution in [0.5, 0.6) is 0 Å². The van der Waals surface area contributed by atoms with Crippen LogP contribution in [0.4, 0.5) is 0 Å². The first-order valence-electron chi connectivity index (χ1n) is 11.2. The highest BCUT2D eigenvalue weighted by Gasteiger charge is 2.30. The lowest BCUT2D eigenvalue weighted by Gasteiger charge is -2.26. The zero-order valence-corrected chi connectivity index (χ0v) is 20.8. The molecule has 0 aromatic carbocycles. The number of rotatable bonds is 17. The summed E-state index contributed by atoms with van der Waals surface area (Å²) in [4.78, 5) is 49.6. The Morgan fingerprint density at radius 2 is 1.39 bits per heavy atom. The zero-order valence-electron chi connectivity index (χ0n) is 20.0. The second-order valence-corrected chi connectivity index (χ2v) is 9.47. The summed E-state index contributed by atoms with van der Waals surface area (Å²) in [6.45, 7) is 5.48. The van der Waals surface area contributed by atoms with Gasteiger partial charge in [0.1, 0.15) is 24.2 Å². The summed E-state index contributed by atoms with van der Waals surface area (Å²) in [6, 6.07) is -4.24. The molecule has 0 aliphatic rings. The predicted molar refractivity (Wildman–Crippen MR) is 128 cm³/mol. The molecule has 12 heteroatoms. The molecule has 0 aromatic heterocycles. The fourth-order valence-corrected chi connectivity index (χ4v) is 3.46. The topological polar surface area (TPSA) is 197 Å². The molecule has 192 valence electrons. The molecule has 0 saturated carbocycles. The lowest BCUT2D eigenvalue weighted by molar-refractivity contribution is -0.142. The number of thioether (sulfide) groups is 1. The molecule has 33 heavy (non-hydrogen) atoms. The molecule has 0 rings (SSSR count). The third-order valence-corrected chi connectivity index (χ3v) is 5.61. The van der Waals surface area contributed by atoms with Gasteiger partial charge in [-0.2, -0.15) is 11.8 Å². The fourth-order valence-electron chi connectivity index (χ4n) is 2.99. The molecule has 0 radical (unpaired) electrons. The number of amides is 3. The number of aliphatic hydroxyl groups is 1. The van der Waals surface area contributed by atoms with Crippen LogP contribution in [0.3, 0.4) is 0 Å². The van der Waals surface area contributed by atoms with Crippen LogP contribution in [0.25, 0.3) is 0 Å². The van der Waals surface area contributed by atoms with Crippen molar-refractivity contribution in [2.45, 2.75) is 83.1 Å². The third-order valence-electron chi connectivity index (χ3n) is 4.97. The van der Waals surface area contributed by atoms with Crippen LogP contribution in [0.1, 0.15) is 52.9 Å². The molecule has 0 heterocycles.